The van der Waals surface area contributed by atoms with Gasteiger partial charge >= 0.3 is 6.18 Å². The van der Waals surface area contributed by atoms with E-state index in [1.807, 2.05) is 0 Å². The van der Waals surface area contributed by atoms with Gasteiger partial charge in [-0.15, -0.1) is 0 Å². The Hall–Kier alpha value is -1.36. The molecular formula is C19H29ClF3N5O2. The van der Waals surface area contributed by atoms with Crippen LogP contribution in [0.4, 0.5) is 13.2 Å². The van der Waals surface area contributed by atoms with Gasteiger partial charge in [0.15, 0.2) is 0 Å². The Morgan fingerprint density at radius 3 is 2.47 bits per heavy atom. The van der Waals surface area contributed by atoms with Crippen LogP contribution in [0, 0.1) is 0 Å². The van der Waals surface area contributed by atoms with Crippen LogP contribution in [0.15, 0.2) is 6.20 Å². The lowest BCUT2D eigenvalue weighted by molar-refractivity contribution is -0.138. The monoisotopic (exact) mass is 451 g/mol. The lowest BCUT2D eigenvalue weighted by Crippen LogP contribution is -2.53. The maximum Gasteiger partial charge on any atom is 0.390 e. The fourth-order valence-corrected chi connectivity index (χ4v) is 4.37. The summed E-state index contributed by atoms with van der Waals surface area (Å²) in [6.45, 7) is 4.96. The van der Waals surface area contributed by atoms with Gasteiger partial charge < -0.3 is 19.5 Å². The third-order valence-corrected chi connectivity index (χ3v) is 6.30. The van der Waals surface area contributed by atoms with Gasteiger partial charge in [-0.2, -0.15) is 13.2 Å². The number of carbonyl (C=O) groups excluding carboxylic acids is 1. The highest BCUT2D eigenvalue weighted by Crippen LogP contribution is 2.26. The number of halogens is 4. The first-order valence-electron chi connectivity index (χ1n) is 10.3. The molecule has 30 heavy (non-hydrogen) atoms. The van der Waals surface area contributed by atoms with E-state index in [2.05, 4.69) is 21.8 Å². The number of likely N-dealkylation sites (N-methyl/N-ethyl adjacent to an activating group) is 1. The summed E-state index contributed by atoms with van der Waals surface area (Å²) in [5.74, 6) is -0.231. The van der Waals surface area contributed by atoms with Crippen LogP contribution in [-0.2, 0) is 11.3 Å². The summed E-state index contributed by atoms with van der Waals surface area (Å²) in [7, 11) is 2.12. The van der Waals surface area contributed by atoms with Crippen LogP contribution in [0.2, 0.25) is 5.15 Å². The van der Waals surface area contributed by atoms with E-state index >= 15 is 0 Å². The van der Waals surface area contributed by atoms with Gasteiger partial charge in [0.25, 0.3) is 0 Å². The Balaban J connectivity index is 1.51. The molecule has 0 aromatic carbocycles. The number of piperidine rings is 1. The molecule has 1 aromatic rings. The minimum atomic E-state index is -4.35. The molecule has 1 unspecified atom stereocenters. The maximum atomic E-state index is 12.6. The number of aliphatic hydroxyl groups is 1. The smallest absolute Gasteiger partial charge is 0.385 e. The van der Waals surface area contributed by atoms with Crippen LogP contribution in [0.1, 0.15) is 37.6 Å². The van der Waals surface area contributed by atoms with Crippen LogP contribution in [0.3, 0.4) is 0 Å². The molecular weight excluding hydrogens is 423 g/mol. The van der Waals surface area contributed by atoms with E-state index in [1.165, 1.54) is 6.20 Å². The molecule has 0 spiro atoms. The van der Waals surface area contributed by atoms with Crippen LogP contribution in [0.5, 0.6) is 0 Å². The average molecular weight is 452 g/mol. The summed E-state index contributed by atoms with van der Waals surface area (Å²) in [4.78, 5) is 23.1. The molecule has 7 nitrogen and oxygen atoms in total. The molecule has 0 saturated carbocycles. The molecule has 2 fully saturated rings. The van der Waals surface area contributed by atoms with Gasteiger partial charge in [-0.1, -0.05) is 11.6 Å². The molecule has 1 atom stereocenters. The molecule has 11 heteroatoms. The maximum absolute atomic E-state index is 12.6. The van der Waals surface area contributed by atoms with Crippen LogP contribution in [0.25, 0.3) is 0 Å². The third kappa shape index (κ3) is 6.09. The number of amides is 1. The van der Waals surface area contributed by atoms with Crippen molar-refractivity contribution in [3.63, 3.8) is 0 Å². The second-order valence-corrected chi connectivity index (χ2v) is 8.51. The van der Waals surface area contributed by atoms with E-state index in [-0.39, 0.29) is 23.3 Å². The van der Waals surface area contributed by atoms with Gasteiger partial charge in [0.05, 0.1) is 19.0 Å². The van der Waals surface area contributed by atoms with Gasteiger partial charge in [0.2, 0.25) is 5.91 Å². The number of carbonyl (C=O) groups is 1. The summed E-state index contributed by atoms with van der Waals surface area (Å²) in [5, 5.41) is 10.5. The highest BCUT2D eigenvalue weighted by Gasteiger charge is 2.31. The number of hydrogen-bond donors (Lipinski definition) is 1. The van der Waals surface area contributed by atoms with Crippen molar-refractivity contribution < 1.29 is 23.1 Å². The summed E-state index contributed by atoms with van der Waals surface area (Å²) in [6.07, 6.45) is -3.99. The first-order chi connectivity index (χ1) is 14.1. The fraction of sp³-hybridized carbons (Fsp3) is 0.789. The molecule has 3 heterocycles. The van der Waals surface area contributed by atoms with Gasteiger partial charge in [0, 0.05) is 51.9 Å². The van der Waals surface area contributed by atoms with E-state index in [9.17, 15) is 23.1 Å². The fourth-order valence-electron chi connectivity index (χ4n) is 4.15. The lowest BCUT2D eigenvalue weighted by Gasteiger charge is -2.42. The normalized spacial score (nSPS) is 21.2. The second-order valence-electron chi connectivity index (χ2n) is 8.13. The van der Waals surface area contributed by atoms with Gasteiger partial charge in [-0.05, 0) is 19.9 Å². The Labute approximate surface area is 179 Å². The van der Waals surface area contributed by atoms with Crippen molar-refractivity contribution in [1.29, 1.82) is 0 Å². The topological polar surface area (TPSA) is 64.8 Å². The SMILES string of the molecule is CN1CCN(C2CCN(C(=O)CC(O)c3ncc(Cl)n3CCC(F)(F)F)CC2)CC1. The highest BCUT2D eigenvalue weighted by atomic mass is 35.5. The zero-order chi connectivity index (χ0) is 21.9. The molecule has 2 aliphatic rings. The molecule has 1 N–H and O–H groups in total. The van der Waals surface area contributed by atoms with Gasteiger partial charge in [-0.3, -0.25) is 9.69 Å². The predicted octanol–water partition coefficient (Wildman–Crippen LogP) is 2.15. The Kier molecular flexibility index (Phi) is 7.65. The first-order valence-corrected chi connectivity index (χ1v) is 10.7. The summed E-state index contributed by atoms with van der Waals surface area (Å²) >= 11 is 5.92. The van der Waals surface area contributed by atoms with Crippen molar-refractivity contribution in [2.24, 2.45) is 0 Å². The Morgan fingerprint density at radius 2 is 1.87 bits per heavy atom. The van der Waals surface area contributed by atoms with E-state index < -0.39 is 25.2 Å². The predicted molar refractivity (Wildman–Crippen MR) is 106 cm³/mol. The average Bonchev–Trinajstić information content (AvgIpc) is 3.07. The molecule has 2 saturated heterocycles. The zero-order valence-corrected chi connectivity index (χ0v) is 17.9. The van der Waals surface area contributed by atoms with Gasteiger partial charge in [-0.25, -0.2) is 4.98 Å². The molecule has 170 valence electrons. The number of aromatic nitrogens is 2. The van der Waals surface area contributed by atoms with Crippen molar-refractivity contribution in [2.75, 3.05) is 46.3 Å². The highest BCUT2D eigenvalue weighted by molar-refractivity contribution is 6.29. The number of piperazine rings is 1. The van der Waals surface area contributed by atoms with E-state index in [0.717, 1.165) is 43.6 Å². The minimum absolute atomic E-state index is 0.00809. The Bertz CT molecular complexity index is 714. The van der Waals surface area contributed by atoms with E-state index in [1.54, 1.807) is 4.90 Å². The quantitative estimate of drug-likeness (QED) is 0.718. The molecule has 0 radical (unpaired) electrons. The standard InChI is InChI=1S/C19H29ClF3N5O2/c1-25-8-10-26(11-9-25)14-2-5-27(6-3-14)17(30)12-15(29)18-24-13-16(20)28(18)7-4-19(21,22)23/h13-15,29H,2-12H2,1H3. The van der Waals surface area contributed by atoms with Crippen molar-refractivity contribution in [3.05, 3.63) is 17.2 Å². The van der Waals surface area contributed by atoms with Crippen molar-refractivity contribution >= 4 is 17.5 Å². The van der Waals surface area contributed by atoms with Crippen molar-refractivity contribution in [1.82, 2.24) is 24.3 Å². The molecule has 1 amide bonds. The third-order valence-electron chi connectivity index (χ3n) is 5.99. The van der Waals surface area contributed by atoms with Crippen molar-refractivity contribution in [3.8, 4) is 0 Å². The Morgan fingerprint density at radius 1 is 1.23 bits per heavy atom. The van der Waals surface area contributed by atoms with Crippen molar-refractivity contribution in [2.45, 2.75) is 50.6 Å². The molecule has 0 bridgehead atoms. The number of likely N-dealkylation sites (tertiary alicyclic amines) is 1. The summed E-state index contributed by atoms with van der Waals surface area (Å²) < 4.78 is 38.8. The number of hydrogen-bond acceptors (Lipinski definition) is 5. The lowest BCUT2D eigenvalue weighted by atomic mass is 10.0. The number of nitrogens with zero attached hydrogens (tertiary/aromatic N) is 5. The van der Waals surface area contributed by atoms with Crippen LogP contribution in [-0.4, -0.2) is 93.8 Å². The van der Waals surface area contributed by atoms with E-state index in [4.69, 9.17) is 11.6 Å². The molecule has 2 aliphatic heterocycles. The minimum Gasteiger partial charge on any atom is -0.385 e. The first kappa shape index (κ1) is 23.3. The molecule has 1 aromatic heterocycles. The molecule has 3 rings (SSSR count). The summed E-state index contributed by atoms with van der Waals surface area (Å²) in [6, 6.07) is 0.466. The molecule has 0 aliphatic carbocycles. The largest absolute Gasteiger partial charge is 0.390 e. The zero-order valence-electron chi connectivity index (χ0n) is 17.1. The number of alkyl halides is 3. The van der Waals surface area contributed by atoms with Crippen LogP contribution < -0.4 is 0 Å². The van der Waals surface area contributed by atoms with Crippen LogP contribution >= 0.6 is 11.6 Å². The number of aliphatic hydroxyl groups excluding tert-OH is 1. The summed E-state index contributed by atoms with van der Waals surface area (Å²) in [5.41, 5.74) is 0. The van der Waals surface area contributed by atoms with Gasteiger partial charge in [0.1, 0.15) is 17.1 Å². The van der Waals surface area contributed by atoms with E-state index in [0.29, 0.717) is 19.1 Å². The number of imidazole rings is 1. The second kappa shape index (κ2) is 9.84. The number of rotatable bonds is 6.